The van der Waals surface area contributed by atoms with E-state index in [1.165, 1.54) is 5.39 Å². The Bertz CT molecular complexity index is 569. The summed E-state index contributed by atoms with van der Waals surface area (Å²) in [7, 11) is 0. The molecule has 94 valence electrons. The van der Waals surface area contributed by atoms with Crippen molar-refractivity contribution < 1.29 is 4.74 Å². The van der Waals surface area contributed by atoms with Gasteiger partial charge in [-0.15, -0.1) is 0 Å². The third kappa shape index (κ3) is 1.95. The number of hydrogen-bond acceptors (Lipinski definition) is 3. The van der Waals surface area contributed by atoms with Crippen LogP contribution in [0.5, 0.6) is 0 Å². The summed E-state index contributed by atoms with van der Waals surface area (Å²) in [6, 6.07) is 12.3. The van der Waals surface area contributed by atoms with Gasteiger partial charge >= 0.3 is 0 Å². The topological polar surface area (TPSA) is 34.1 Å². The van der Waals surface area contributed by atoms with Crippen LogP contribution in [0.4, 0.5) is 5.82 Å². The third-order valence-electron chi connectivity index (χ3n) is 3.90. The molecule has 2 unspecified atom stereocenters. The number of nitrogens with one attached hydrogen (secondary N) is 1. The van der Waals surface area contributed by atoms with Crippen LogP contribution in [-0.4, -0.2) is 23.2 Å². The number of ether oxygens (including phenoxy) is 1. The molecule has 0 saturated carbocycles. The van der Waals surface area contributed by atoms with Crippen LogP contribution >= 0.6 is 0 Å². The first-order chi connectivity index (χ1) is 8.67. The van der Waals surface area contributed by atoms with Crippen LogP contribution in [0.15, 0.2) is 36.4 Å². The highest BCUT2D eigenvalue weighted by Crippen LogP contribution is 2.29. The predicted octanol–water partition coefficient (Wildman–Crippen LogP) is 3.21. The van der Waals surface area contributed by atoms with Gasteiger partial charge in [0, 0.05) is 12.0 Å². The Morgan fingerprint density at radius 2 is 2.11 bits per heavy atom. The number of aromatic nitrogens is 1. The zero-order valence-electron chi connectivity index (χ0n) is 10.8. The molecule has 2 heterocycles. The Labute approximate surface area is 107 Å². The molecule has 1 saturated heterocycles. The van der Waals surface area contributed by atoms with Crippen LogP contribution in [-0.2, 0) is 4.74 Å². The molecule has 2 atom stereocenters. The Morgan fingerprint density at radius 1 is 1.28 bits per heavy atom. The van der Waals surface area contributed by atoms with E-state index >= 15 is 0 Å². The lowest BCUT2D eigenvalue weighted by Crippen LogP contribution is -2.41. The Hall–Kier alpha value is -1.61. The van der Waals surface area contributed by atoms with Crippen molar-refractivity contribution in [1.82, 2.24) is 4.98 Å². The summed E-state index contributed by atoms with van der Waals surface area (Å²) >= 11 is 0. The fourth-order valence-electron chi connectivity index (χ4n) is 2.43. The smallest absolute Gasteiger partial charge is 0.127 e. The fraction of sp³-hybridized carbons (Fsp3) is 0.400. The van der Waals surface area contributed by atoms with Gasteiger partial charge < -0.3 is 10.1 Å². The highest BCUT2D eigenvalue weighted by Gasteiger charge is 2.37. The molecule has 0 aliphatic carbocycles. The maximum absolute atomic E-state index is 5.64. The monoisotopic (exact) mass is 242 g/mol. The molecule has 0 spiro atoms. The summed E-state index contributed by atoms with van der Waals surface area (Å²) in [6.07, 6.45) is 1.23. The van der Waals surface area contributed by atoms with Crippen LogP contribution < -0.4 is 5.32 Å². The summed E-state index contributed by atoms with van der Waals surface area (Å²) in [6.45, 7) is 5.13. The number of rotatable bonds is 2. The van der Waals surface area contributed by atoms with Crippen molar-refractivity contribution in [3.8, 4) is 0 Å². The zero-order chi connectivity index (χ0) is 12.6. The first-order valence-corrected chi connectivity index (χ1v) is 6.43. The minimum absolute atomic E-state index is 0.0184. The molecule has 18 heavy (non-hydrogen) atoms. The van der Waals surface area contributed by atoms with Gasteiger partial charge in [0.1, 0.15) is 5.82 Å². The molecule has 1 aliphatic heterocycles. The van der Waals surface area contributed by atoms with Crippen LogP contribution in [0.1, 0.15) is 20.3 Å². The summed E-state index contributed by atoms with van der Waals surface area (Å²) in [4.78, 5) is 4.65. The molecule has 1 fully saturated rings. The SMILES string of the molecule is CC1OCCC1(C)Nc1ccc2ccccc2n1. The lowest BCUT2D eigenvalue weighted by molar-refractivity contribution is 0.105. The van der Waals surface area contributed by atoms with Crippen molar-refractivity contribution in [2.24, 2.45) is 0 Å². The number of para-hydroxylation sites is 1. The van der Waals surface area contributed by atoms with Gasteiger partial charge in [-0.1, -0.05) is 18.2 Å². The van der Waals surface area contributed by atoms with E-state index in [0.29, 0.717) is 0 Å². The number of pyridine rings is 1. The standard InChI is InChI=1S/C15H18N2O/c1-11-15(2,9-10-18-11)17-14-8-7-12-5-3-4-6-13(12)16-14/h3-8,11H,9-10H2,1-2H3,(H,16,17). The van der Waals surface area contributed by atoms with E-state index in [9.17, 15) is 0 Å². The van der Waals surface area contributed by atoms with Crippen molar-refractivity contribution in [3.63, 3.8) is 0 Å². The molecule has 3 heteroatoms. The number of hydrogen-bond donors (Lipinski definition) is 1. The summed E-state index contributed by atoms with van der Waals surface area (Å²) in [5, 5.41) is 4.69. The lowest BCUT2D eigenvalue weighted by Gasteiger charge is -2.29. The van der Waals surface area contributed by atoms with Crippen LogP contribution in [0.2, 0.25) is 0 Å². The van der Waals surface area contributed by atoms with Crippen molar-refractivity contribution in [2.45, 2.75) is 31.9 Å². The Morgan fingerprint density at radius 3 is 2.89 bits per heavy atom. The largest absolute Gasteiger partial charge is 0.376 e. The highest BCUT2D eigenvalue weighted by atomic mass is 16.5. The molecular formula is C15H18N2O. The number of nitrogens with zero attached hydrogens (tertiary/aromatic N) is 1. The van der Waals surface area contributed by atoms with E-state index in [1.54, 1.807) is 0 Å². The average Bonchev–Trinajstić information content (AvgIpc) is 2.69. The second-order valence-corrected chi connectivity index (χ2v) is 5.19. The first kappa shape index (κ1) is 11.5. The lowest BCUT2D eigenvalue weighted by atomic mass is 9.95. The zero-order valence-corrected chi connectivity index (χ0v) is 10.8. The highest BCUT2D eigenvalue weighted by molar-refractivity contribution is 5.80. The Balaban J connectivity index is 1.91. The molecule has 3 nitrogen and oxygen atoms in total. The van der Waals surface area contributed by atoms with Crippen LogP contribution in [0, 0.1) is 0 Å². The number of fused-ring (bicyclic) bond motifs is 1. The molecule has 0 radical (unpaired) electrons. The van der Waals surface area contributed by atoms with Crippen molar-refractivity contribution in [1.29, 1.82) is 0 Å². The maximum atomic E-state index is 5.64. The fourth-order valence-corrected chi connectivity index (χ4v) is 2.43. The molecule has 2 aromatic rings. The second kappa shape index (κ2) is 4.25. The van der Waals surface area contributed by atoms with Crippen molar-refractivity contribution >= 4 is 16.7 Å². The minimum Gasteiger partial charge on any atom is -0.376 e. The van der Waals surface area contributed by atoms with Gasteiger partial charge in [0.2, 0.25) is 0 Å². The van der Waals surface area contributed by atoms with E-state index in [-0.39, 0.29) is 11.6 Å². The van der Waals surface area contributed by atoms with Crippen molar-refractivity contribution in [2.75, 3.05) is 11.9 Å². The van der Waals surface area contributed by atoms with Crippen LogP contribution in [0.3, 0.4) is 0 Å². The summed E-state index contributed by atoms with van der Waals surface area (Å²) in [5.41, 5.74) is 1.01. The molecule has 1 aromatic carbocycles. The van der Waals surface area contributed by atoms with E-state index < -0.39 is 0 Å². The number of anilines is 1. The molecule has 3 rings (SSSR count). The molecule has 1 aliphatic rings. The summed E-state index contributed by atoms with van der Waals surface area (Å²) < 4.78 is 5.64. The molecular weight excluding hydrogens is 224 g/mol. The molecule has 0 amide bonds. The van der Waals surface area contributed by atoms with Gasteiger partial charge in [-0.25, -0.2) is 4.98 Å². The van der Waals surface area contributed by atoms with Gasteiger partial charge in [-0.05, 0) is 38.5 Å². The third-order valence-corrected chi connectivity index (χ3v) is 3.90. The first-order valence-electron chi connectivity index (χ1n) is 6.43. The van der Waals surface area contributed by atoms with Crippen LogP contribution in [0.25, 0.3) is 10.9 Å². The van der Waals surface area contributed by atoms with E-state index in [1.807, 2.05) is 24.3 Å². The molecule has 0 bridgehead atoms. The summed E-state index contributed by atoms with van der Waals surface area (Å²) in [5.74, 6) is 0.925. The Kier molecular flexibility index (Phi) is 2.71. The van der Waals surface area contributed by atoms with E-state index in [2.05, 4.69) is 36.3 Å². The van der Waals surface area contributed by atoms with Gasteiger partial charge in [-0.3, -0.25) is 0 Å². The predicted molar refractivity (Wildman–Crippen MR) is 73.8 cm³/mol. The van der Waals surface area contributed by atoms with E-state index in [4.69, 9.17) is 4.74 Å². The second-order valence-electron chi connectivity index (χ2n) is 5.19. The molecule has 1 N–H and O–H groups in total. The van der Waals surface area contributed by atoms with Gasteiger partial charge in [0.25, 0.3) is 0 Å². The maximum Gasteiger partial charge on any atom is 0.127 e. The average molecular weight is 242 g/mol. The quantitative estimate of drug-likeness (QED) is 0.878. The molecule has 1 aromatic heterocycles. The van der Waals surface area contributed by atoms with Gasteiger partial charge in [0.15, 0.2) is 0 Å². The number of benzene rings is 1. The normalized spacial score (nSPS) is 27.6. The minimum atomic E-state index is -0.0184. The van der Waals surface area contributed by atoms with Crippen molar-refractivity contribution in [3.05, 3.63) is 36.4 Å². The van der Waals surface area contributed by atoms with E-state index in [0.717, 1.165) is 24.4 Å². The van der Waals surface area contributed by atoms with Gasteiger partial charge in [0.05, 0.1) is 17.2 Å². The van der Waals surface area contributed by atoms with Gasteiger partial charge in [-0.2, -0.15) is 0 Å².